The predicted molar refractivity (Wildman–Crippen MR) is 59.3 cm³/mol. The number of hydrogen-bond donors (Lipinski definition) is 2. The molecule has 3 nitrogen and oxygen atoms in total. The smallest absolute Gasteiger partial charge is 0.231 e. The Morgan fingerprint density at radius 2 is 2.13 bits per heavy atom. The van der Waals surface area contributed by atoms with Crippen molar-refractivity contribution in [2.45, 2.75) is 25.3 Å². The molecule has 0 aliphatic heterocycles. The van der Waals surface area contributed by atoms with Gasteiger partial charge in [0.15, 0.2) is 0 Å². The molecule has 0 aromatic heterocycles. The second kappa shape index (κ2) is 4.45. The van der Waals surface area contributed by atoms with E-state index in [1.54, 1.807) is 0 Å². The number of nitrogens with two attached hydrogens (primary N) is 1. The van der Waals surface area contributed by atoms with E-state index in [-0.39, 0.29) is 12.5 Å². The van der Waals surface area contributed by atoms with Crippen molar-refractivity contribution in [2.75, 3.05) is 6.54 Å². The number of amides is 1. The van der Waals surface area contributed by atoms with Crippen molar-refractivity contribution in [2.24, 2.45) is 5.73 Å². The van der Waals surface area contributed by atoms with Crippen LogP contribution in [0.25, 0.3) is 0 Å². The summed E-state index contributed by atoms with van der Waals surface area (Å²) in [6, 6.07) is 8.40. The van der Waals surface area contributed by atoms with Gasteiger partial charge in [0.1, 0.15) is 0 Å². The minimum atomic E-state index is -0.307. The second-order valence-electron chi connectivity index (χ2n) is 4.04. The Morgan fingerprint density at radius 3 is 2.80 bits per heavy atom. The van der Waals surface area contributed by atoms with E-state index in [1.807, 2.05) is 6.07 Å². The number of carbonyl (C=O) groups excluding carboxylic acids is 1. The zero-order valence-electron chi connectivity index (χ0n) is 8.70. The van der Waals surface area contributed by atoms with Gasteiger partial charge < -0.3 is 11.1 Å². The van der Waals surface area contributed by atoms with E-state index in [1.165, 1.54) is 24.0 Å². The third kappa shape index (κ3) is 2.80. The Bertz CT molecular complexity index is 358. The van der Waals surface area contributed by atoms with Gasteiger partial charge >= 0.3 is 0 Å². The molecule has 0 spiro atoms. The molecule has 0 unspecified atom stereocenters. The Balaban J connectivity index is 1.97. The first-order chi connectivity index (χ1) is 7.27. The summed E-state index contributed by atoms with van der Waals surface area (Å²) >= 11 is 0. The number of benzene rings is 1. The zero-order chi connectivity index (χ0) is 10.7. The summed E-state index contributed by atoms with van der Waals surface area (Å²) in [5.41, 5.74) is 7.78. The number of hydrogen-bond acceptors (Lipinski definition) is 2. The standard InChI is InChI=1S/C12H16N2O/c13-12(15)8-14-7-10-3-1-2-4-11(10)9-5-6-9/h1-4,9,14H,5-8H2,(H2,13,15). The molecule has 1 aliphatic rings. The van der Waals surface area contributed by atoms with Gasteiger partial charge in [0.05, 0.1) is 6.54 Å². The fraction of sp³-hybridized carbons (Fsp3) is 0.417. The molecule has 15 heavy (non-hydrogen) atoms. The topological polar surface area (TPSA) is 55.1 Å². The molecule has 0 bridgehead atoms. The summed E-state index contributed by atoms with van der Waals surface area (Å²) in [5, 5.41) is 3.05. The number of primary amides is 1. The number of nitrogens with one attached hydrogen (secondary N) is 1. The van der Waals surface area contributed by atoms with Gasteiger partial charge in [-0.2, -0.15) is 0 Å². The average Bonchev–Trinajstić information content (AvgIpc) is 3.01. The van der Waals surface area contributed by atoms with Gasteiger partial charge in [0, 0.05) is 6.54 Å². The first kappa shape index (κ1) is 10.2. The van der Waals surface area contributed by atoms with Crippen LogP contribution in [-0.4, -0.2) is 12.5 Å². The molecule has 1 amide bonds. The molecule has 0 atom stereocenters. The van der Waals surface area contributed by atoms with Crippen molar-refractivity contribution in [1.29, 1.82) is 0 Å². The lowest BCUT2D eigenvalue weighted by atomic mass is 10.0. The quantitative estimate of drug-likeness (QED) is 0.755. The largest absolute Gasteiger partial charge is 0.369 e. The average molecular weight is 204 g/mol. The van der Waals surface area contributed by atoms with Crippen LogP contribution in [0.3, 0.4) is 0 Å². The van der Waals surface area contributed by atoms with E-state index in [2.05, 4.69) is 23.5 Å². The van der Waals surface area contributed by atoms with Gasteiger partial charge in [-0.15, -0.1) is 0 Å². The molecule has 1 fully saturated rings. The first-order valence-electron chi connectivity index (χ1n) is 5.34. The van der Waals surface area contributed by atoms with E-state index in [0.29, 0.717) is 0 Å². The molecule has 0 saturated heterocycles. The van der Waals surface area contributed by atoms with Crippen LogP contribution < -0.4 is 11.1 Å². The molecule has 3 N–H and O–H groups in total. The van der Waals surface area contributed by atoms with Gasteiger partial charge in [0.2, 0.25) is 5.91 Å². The SMILES string of the molecule is NC(=O)CNCc1ccccc1C1CC1. The highest BCUT2D eigenvalue weighted by Crippen LogP contribution is 2.41. The highest BCUT2D eigenvalue weighted by Gasteiger charge is 2.25. The van der Waals surface area contributed by atoms with Crippen LogP contribution in [0.1, 0.15) is 29.9 Å². The van der Waals surface area contributed by atoms with E-state index in [4.69, 9.17) is 5.73 Å². The monoisotopic (exact) mass is 204 g/mol. The molecule has 0 heterocycles. The van der Waals surface area contributed by atoms with E-state index in [0.717, 1.165) is 12.5 Å². The maximum absolute atomic E-state index is 10.6. The van der Waals surface area contributed by atoms with Crippen molar-refractivity contribution in [1.82, 2.24) is 5.32 Å². The van der Waals surface area contributed by atoms with Crippen molar-refractivity contribution < 1.29 is 4.79 Å². The minimum absolute atomic E-state index is 0.249. The van der Waals surface area contributed by atoms with Crippen LogP contribution >= 0.6 is 0 Å². The summed E-state index contributed by atoms with van der Waals surface area (Å²) in [6.45, 7) is 0.981. The zero-order valence-corrected chi connectivity index (χ0v) is 8.70. The maximum Gasteiger partial charge on any atom is 0.231 e. The molecular weight excluding hydrogens is 188 g/mol. The van der Waals surface area contributed by atoms with Crippen LogP contribution in [0.15, 0.2) is 24.3 Å². The molecule has 1 aliphatic carbocycles. The summed E-state index contributed by atoms with van der Waals surface area (Å²) in [7, 11) is 0. The third-order valence-corrected chi connectivity index (χ3v) is 2.69. The van der Waals surface area contributed by atoms with E-state index < -0.39 is 0 Å². The minimum Gasteiger partial charge on any atom is -0.369 e. The molecule has 80 valence electrons. The van der Waals surface area contributed by atoms with Crippen LogP contribution in [0.2, 0.25) is 0 Å². The lowest BCUT2D eigenvalue weighted by Crippen LogP contribution is -2.28. The lowest BCUT2D eigenvalue weighted by molar-refractivity contribution is -0.117. The normalized spacial score (nSPS) is 15.2. The van der Waals surface area contributed by atoms with Crippen LogP contribution in [0, 0.1) is 0 Å². The molecule has 2 rings (SSSR count). The molecule has 3 heteroatoms. The summed E-state index contributed by atoms with van der Waals surface area (Å²) in [5.74, 6) is 0.440. The highest BCUT2D eigenvalue weighted by molar-refractivity contribution is 5.75. The van der Waals surface area contributed by atoms with Gasteiger partial charge in [-0.1, -0.05) is 24.3 Å². The van der Waals surface area contributed by atoms with E-state index >= 15 is 0 Å². The Hall–Kier alpha value is -1.35. The fourth-order valence-corrected chi connectivity index (χ4v) is 1.81. The van der Waals surface area contributed by atoms with Crippen LogP contribution in [0.4, 0.5) is 0 Å². The Morgan fingerprint density at radius 1 is 1.40 bits per heavy atom. The van der Waals surface area contributed by atoms with Gasteiger partial charge in [-0.3, -0.25) is 4.79 Å². The van der Waals surface area contributed by atoms with Crippen molar-refractivity contribution in [3.8, 4) is 0 Å². The summed E-state index contributed by atoms with van der Waals surface area (Å²) in [4.78, 5) is 10.6. The van der Waals surface area contributed by atoms with Gasteiger partial charge in [-0.05, 0) is 29.9 Å². The van der Waals surface area contributed by atoms with Crippen molar-refractivity contribution in [3.63, 3.8) is 0 Å². The summed E-state index contributed by atoms with van der Waals surface area (Å²) < 4.78 is 0. The Labute approximate surface area is 89.7 Å². The molecule has 1 aromatic carbocycles. The van der Waals surface area contributed by atoms with E-state index in [9.17, 15) is 4.79 Å². The number of rotatable bonds is 5. The predicted octanol–water partition coefficient (Wildman–Crippen LogP) is 1.14. The van der Waals surface area contributed by atoms with Gasteiger partial charge in [0.25, 0.3) is 0 Å². The lowest BCUT2D eigenvalue weighted by Gasteiger charge is -2.08. The third-order valence-electron chi connectivity index (χ3n) is 2.69. The van der Waals surface area contributed by atoms with Crippen LogP contribution in [0.5, 0.6) is 0 Å². The van der Waals surface area contributed by atoms with Crippen molar-refractivity contribution >= 4 is 5.91 Å². The first-order valence-corrected chi connectivity index (χ1v) is 5.34. The maximum atomic E-state index is 10.6. The number of carbonyl (C=O) groups is 1. The molecular formula is C12H16N2O. The summed E-state index contributed by atoms with van der Waals surface area (Å²) in [6.07, 6.45) is 2.60. The van der Waals surface area contributed by atoms with Crippen LogP contribution in [-0.2, 0) is 11.3 Å². The molecule has 1 aromatic rings. The fourth-order valence-electron chi connectivity index (χ4n) is 1.81. The Kier molecular flexibility index (Phi) is 3.02. The highest BCUT2D eigenvalue weighted by atomic mass is 16.1. The molecule has 0 radical (unpaired) electrons. The van der Waals surface area contributed by atoms with Crippen molar-refractivity contribution in [3.05, 3.63) is 35.4 Å². The molecule has 1 saturated carbocycles. The second-order valence-corrected chi connectivity index (χ2v) is 4.04. The van der Waals surface area contributed by atoms with Gasteiger partial charge in [-0.25, -0.2) is 0 Å².